The van der Waals surface area contributed by atoms with E-state index in [0.29, 0.717) is 18.0 Å². The van der Waals surface area contributed by atoms with Crippen LogP contribution >= 0.6 is 0 Å². The Morgan fingerprint density at radius 1 is 1.45 bits per heavy atom. The number of benzene rings is 1. The fourth-order valence-corrected chi connectivity index (χ4v) is 2.99. The van der Waals surface area contributed by atoms with Gasteiger partial charge in [0.05, 0.1) is 18.2 Å². The highest BCUT2D eigenvalue weighted by atomic mass is 16.5. The van der Waals surface area contributed by atoms with Gasteiger partial charge in [-0.1, -0.05) is 0 Å². The largest absolute Gasteiger partial charge is 0.465 e. The molecule has 1 aliphatic rings. The predicted molar refractivity (Wildman–Crippen MR) is 84.9 cm³/mol. The van der Waals surface area contributed by atoms with Crippen LogP contribution in [0, 0.1) is 5.92 Å². The third kappa shape index (κ3) is 2.74. The Labute approximate surface area is 129 Å². The Morgan fingerprint density at radius 2 is 2.32 bits per heavy atom. The van der Waals surface area contributed by atoms with Gasteiger partial charge in [0, 0.05) is 18.5 Å². The zero-order chi connectivity index (χ0) is 15.5. The normalized spacial score (nSPS) is 18.5. The Bertz CT molecular complexity index is 689. The van der Waals surface area contributed by atoms with E-state index in [9.17, 15) is 4.79 Å². The third-order valence-corrected chi connectivity index (χ3v) is 4.19. The molecule has 1 unspecified atom stereocenters. The first kappa shape index (κ1) is 14.7. The molecule has 6 nitrogen and oxygen atoms in total. The molecule has 0 aliphatic carbocycles. The number of rotatable bonds is 3. The molecule has 1 aromatic heterocycles. The van der Waals surface area contributed by atoms with Crippen LogP contribution in [0.15, 0.2) is 24.5 Å². The van der Waals surface area contributed by atoms with Gasteiger partial charge in [-0.2, -0.15) is 0 Å². The molecule has 1 atom stereocenters. The van der Waals surface area contributed by atoms with E-state index in [2.05, 4.69) is 14.9 Å². The molecule has 6 heteroatoms. The number of ether oxygens (including phenoxy) is 1. The van der Waals surface area contributed by atoms with Crippen LogP contribution < -0.4 is 10.6 Å². The molecule has 2 aromatic rings. The van der Waals surface area contributed by atoms with Gasteiger partial charge < -0.3 is 15.4 Å². The van der Waals surface area contributed by atoms with Crippen LogP contribution in [0.4, 0.5) is 5.82 Å². The van der Waals surface area contributed by atoms with E-state index in [1.807, 2.05) is 6.07 Å². The second kappa shape index (κ2) is 6.27. The second-order valence-corrected chi connectivity index (χ2v) is 5.61. The maximum Gasteiger partial charge on any atom is 0.337 e. The van der Waals surface area contributed by atoms with Gasteiger partial charge in [-0.3, -0.25) is 0 Å². The number of hydrogen-bond donors (Lipinski definition) is 1. The van der Waals surface area contributed by atoms with Crippen molar-refractivity contribution in [1.82, 2.24) is 9.97 Å². The number of carbonyl (C=O) groups is 1. The molecular weight excluding hydrogens is 280 g/mol. The number of fused-ring (bicyclic) bond motifs is 1. The maximum atomic E-state index is 11.6. The fourth-order valence-electron chi connectivity index (χ4n) is 2.99. The van der Waals surface area contributed by atoms with Crippen molar-refractivity contribution >= 4 is 22.7 Å². The van der Waals surface area contributed by atoms with E-state index in [-0.39, 0.29) is 5.97 Å². The molecule has 1 saturated heterocycles. The Morgan fingerprint density at radius 3 is 3.09 bits per heavy atom. The van der Waals surface area contributed by atoms with E-state index in [4.69, 9.17) is 10.5 Å². The summed E-state index contributed by atoms with van der Waals surface area (Å²) in [5.41, 5.74) is 7.06. The lowest BCUT2D eigenvalue weighted by Crippen LogP contribution is -2.38. The zero-order valence-corrected chi connectivity index (χ0v) is 12.7. The van der Waals surface area contributed by atoms with Crippen molar-refractivity contribution in [1.29, 1.82) is 0 Å². The van der Waals surface area contributed by atoms with E-state index in [1.165, 1.54) is 13.5 Å². The molecule has 0 saturated carbocycles. The maximum absolute atomic E-state index is 11.6. The molecule has 0 spiro atoms. The Kier molecular flexibility index (Phi) is 4.20. The monoisotopic (exact) mass is 300 g/mol. The molecule has 1 fully saturated rings. The highest BCUT2D eigenvalue weighted by Crippen LogP contribution is 2.27. The van der Waals surface area contributed by atoms with Crippen molar-refractivity contribution in [2.75, 3.05) is 31.6 Å². The van der Waals surface area contributed by atoms with Crippen molar-refractivity contribution in [2.24, 2.45) is 11.7 Å². The van der Waals surface area contributed by atoms with Gasteiger partial charge in [-0.15, -0.1) is 0 Å². The third-order valence-electron chi connectivity index (χ3n) is 4.19. The van der Waals surface area contributed by atoms with Crippen LogP contribution in [0.5, 0.6) is 0 Å². The summed E-state index contributed by atoms with van der Waals surface area (Å²) in [4.78, 5) is 22.6. The van der Waals surface area contributed by atoms with Crippen LogP contribution in [-0.2, 0) is 4.74 Å². The second-order valence-electron chi connectivity index (χ2n) is 5.61. The van der Waals surface area contributed by atoms with Crippen molar-refractivity contribution in [2.45, 2.75) is 12.8 Å². The van der Waals surface area contributed by atoms with E-state index >= 15 is 0 Å². The fraction of sp³-hybridized carbons (Fsp3) is 0.438. The molecule has 2 N–H and O–H groups in total. The minimum atomic E-state index is -0.358. The van der Waals surface area contributed by atoms with Crippen molar-refractivity contribution in [3.8, 4) is 0 Å². The van der Waals surface area contributed by atoms with E-state index in [0.717, 1.165) is 36.2 Å². The number of nitrogens with two attached hydrogens (primary N) is 1. The lowest BCUT2D eigenvalue weighted by Gasteiger charge is -2.33. The number of piperidine rings is 1. The average Bonchev–Trinajstić information content (AvgIpc) is 2.60. The molecule has 0 bridgehead atoms. The molecule has 116 valence electrons. The molecule has 0 amide bonds. The summed E-state index contributed by atoms with van der Waals surface area (Å²) in [7, 11) is 1.37. The van der Waals surface area contributed by atoms with Gasteiger partial charge in [-0.25, -0.2) is 14.8 Å². The molecule has 22 heavy (non-hydrogen) atoms. The van der Waals surface area contributed by atoms with Gasteiger partial charge in [0.25, 0.3) is 0 Å². The standard InChI is InChI=1S/C16H20N4O2/c1-22-16(21)12-4-5-13-14(7-12)18-10-19-15(13)20-6-2-3-11(8-17)9-20/h4-5,7,10-11H,2-3,6,8-9,17H2,1H3. The van der Waals surface area contributed by atoms with Crippen molar-refractivity contribution < 1.29 is 9.53 Å². The molecule has 0 radical (unpaired) electrons. The number of esters is 1. The first-order chi connectivity index (χ1) is 10.7. The predicted octanol–water partition coefficient (Wildman–Crippen LogP) is 1.59. The van der Waals surface area contributed by atoms with Gasteiger partial charge in [0.1, 0.15) is 12.1 Å². The number of hydrogen-bond acceptors (Lipinski definition) is 6. The van der Waals surface area contributed by atoms with Crippen LogP contribution in [0.1, 0.15) is 23.2 Å². The van der Waals surface area contributed by atoms with Crippen LogP contribution in [0.2, 0.25) is 0 Å². The summed E-state index contributed by atoms with van der Waals surface area (Å²) in [5.74, 6) is 1.07. The summed E-state index contributed by atoms with van der Waals surface area (Å²) in [5, 5.41) is 0.952. The van der Waals surface area contributed by atoms with Gasteiger partial charge >= 0.3 is 5.97 Å². The van der Waals surface area contributed by atoms with E-state index < -0.39 is 0 Å². The summed E-state index contributed by atoms with van der Waals surface area (Å²) in [6.45, 7) is 2.59. The Balaban J connectivity index is 1.98. The smallest absolute Gasteiger partial charge is 0.337 e. The quantitative estimate of drug-likeness (QED) is 0.867. The number of aromatic nitrogens is 2. The minimum absolute atomic E-state index is 0.358. The lowest BCUT2D eigenvalue weighted by molar-refractivity contribution is 0.0601. The summed E-state index contributed by atoms with van der Waals surface area (Å²) in [6, 6.07) is 5.39. The first-order valence-electron chi connectivity index (χ1n) is 7.51. The Hall–Kier alpha value is -2.21. The van der Waals surface area contributed by atoms with Gasteiger partial charge in [0.15, 0.2) is 0 Å². The number of carbonyl (C=O) groups excluding carboxylic acids is 1. The number of anilines is 1. The summed E-state index contributed by atoms with van der Waals surface area (Å²) >= 11 is 0. The first-order valence-corrected chi connectivity index (χ1v) is 7.51. The number of methoxy groups -OCH3 is 1. The molecule has 1 aromatic carbocycles. The van der Waals surface area contributed by atoms with Crippen LogP contribution in [0.3, 0.4) is 0 Å². The van der Waals surface area contributed by atoms with Gasteiger partial charge in [-0.05, 0) is 43.5 Å². The highest BCUT2D eigenvalue weighted by molar-refractivity contribution is 5.97. The molecule has 2 heterocycles. The lowest BCUT2D eigenvalue weighted by atomic mass is 9.98. The topological polar surface area (TPSA) is 81.3 Å². The van der Waals surface area contributed by atoms with E-state index in [1.54, 1.807) is 18.5 Å². The van der Waals surface area contributed by atoms with Crippen LogP contribution in [-0.4, -0.2) is 42.7 Å². The highest BCUT2D eigenvalue weighted by Gasteiger charge is 2.21. The summed E-state index contributed by atoms with van der Waals surface area (Å²) < 4.78 is 4.75. The molecule has 1 aliphatic heterocycles. The van der Waals surface area contributed by atoms with Crippen molar-refractivity contribution in [3.05, 3.63) is 30.1 Å². The molecule has 3 rings (SSSR count). The van der Waals surface area contributed by atoms with Crippen molar-refractivity contribution in [3.63, 3.8) is 0 Å². The SMILES string of the molecule is COC(=O)c1ccc2c(N3CCCC(CN)C3)ncnc2c1. The number of nitrogens with zero attached hydrogens (tertiary/aromatic N) is 3. The van der Waals surface area contributed by atoms with Crippen LogP contribution in [0.25, 0.3) is 10.9 Å². The van der Waals surface area contributed by atoms with Gasteiger partial charge in [0.2, 0.25) is 0 Å². The zero-order valence-electron chi connectivity index (χ0n) is 12.7. The summed E-state index contributed by atoms with van der Waals surface area (Å²) in [6.07, 6.45) is 3.83. The average molecular weight is 300 g/mol. The minimum Gasteiger partial charge on any atom is -0.465 e. The molecular formula is C16H20N4O2.